The first-order valence-electron chi connectivity index (χ1n) is 6.99. The zero-order chi connectivity index (χ0) is 15.7. The summed E-state index contributed by atoms with van der Waals surface area (Å²) in [5.74, 6) is -0.160. The van der Waals surface area contributed by atoms with E-state index in [0.29, 0.717) is 10.6 Å². The van der Waals surface area contributed by atoms with Gasteiger partial charge >= 0.3 is 0 Å². The number of aromatic nitrogens is 1. The quantitative estimate of drug-likeness (QED) is 0.741. The molecule has 110 valence electrons. The Balaban J connectivity index is 2.04. The lowest BCUT2D eigenvalue weighted by atomic mass is 10.1. The van der Waals surface area contributed by atoms with Crippen molar-refractivity contribution < 1.29 is 4.79 Å². The number of para-hydroxylation sites is 1. The molecule has 0 saturated heterocycles. The van der Waals surface area contributed by atoms with Crippen molar-refractivity contribution in [2.24, 2.45) is 0 Å². The van der Waals surface area contributed by atoms with Crippen LogP contribution in [0, 0.1) is 13.8 Å². The normalized spacial score (nSPS) is 10.7. The van der Waals surface area contributed by atoms with Gasteiger partial charge in [0, 0.05) is 21.8 Å². The first-order valence-corrected chi connectivity index (χ1v) is 7.37. The minimum atomic E-state index is -0.160. The van der Waals surface area contributed by atoms with Crippen LogP contribution in [0.3, 0.4) is 0 Å². The number of pyridine rings is 1. The van der Waals surface area contributed by atoms with Crippen LogP contribution < -0.4 is 5.32 Å². The molecule has 0 aliphatic carbocycles. The van der Waals surface area contributed by atoms with Gasteiger partial charge in [0.1, 0.15) is 0 Å². The van der Waals surface area contributed by atoms with Gasteiger partial charge in [0.2, 0.25) is 0 Å². The van der Waals surface area contributed by atoms with Crippen LogP contribution >= 0.6 is 11.6 Å². The maximum absolute atomic E-state index is 12.7. The molecule has 3 nitrogen and oxygen atoms in total. The fourth-order valence-electron chi connectivity index (χ4n) is 2.43. The van der Waals surface area contributed by atoms with Gasteiger partial charge < -0.3 is 5.32 Å². The van der Waals surface area contributed by atoms with Gasteiger partial charge in [0.05, 0.1) is 11.1 Å². The molecule has 1 aromatic heterocycles. The zero-order valence-corrected chi connectivity index (χ0v) is 13.1. The van der Waals surface area contributed by atoms with E-state index in [-0.39, 0.29) is 5.91 Å². The lowest BCUT2D eigenvalue weighted by Crippen LogP contribution is -2.14. The third-order valence-electron chi connectivity index (χ3n) is 3.60. The van der Waals surface area contributed by atoms with E-state index < -0.39 is 0 Å². The highest BCUT2D eigenvalue weighted by atomic mass is 35.5. The number of nitrogens with zero attached hydrogens (tertiary/aromatic N) is 1. The number of hydrogen-bond donors (Lipinski definition) is 1. The molecule has 0 fully saturated rings. The Morgan fingerprint density at radius 1 is 1.09 bits per heavy atom. The van der Waals surface area contributed by atoms with Gasteiger partial charge in [-0.1, -0.05) is 35.9 Å². The molecule has 0 bridgehead atoms. The Morgan fingerprint density at radius 2 is 1.86 bits per heavy atom. The minimum absolute atomic E-state index is 0.160. The van der Waals surface area contributed by atoms with E-state index >= 15 is 0 Å². The smallest absolute Gasteiger partial charge is 0.256 e. The standard InChI is InChI=1S/C18H15ClN2O/c1-11-10-14(13-6-3-4-8-17(13)20-11)18(22)21-16-9-5-7-15(19)12(16)2/h3-10H,1-2H3,(H,21,22). The molecule has 3 aromatic rings. The van der Waals surface area contributed by atoms with Crippen molar-refractivity contribution in [2.75, 3.05) is 5.32 Å². The second-order valence-corrected chi connectivity index (χ2v) is 5.60. The topological polar surface area (TPSA) is 42.0 Å². The maximum atomic E-state index is 12.7. The van der Waals surface area contributed by atoms with Crippen molar-refractivity contribution in [3.63, 3.8) is 0 Å². The summed E-state index contributed by atoms with van der Waals surface area (Å²) >= 11 is 6.10. The number of aryl methyl sites for hydroxylation is 1. The summed E-state index contributed by atoms with van der Waals surface area (Å²) in [4.78, 5) is 17.1. The number of halogens is 1. The number of fused-ring (bicyclic) bond motifs is 1. The van der Waals surface area contributed by atoms with Gasteiger partial charge in [-0.15, -0.1) is 0 Å². The van der Waals surface area contributed by atoms with Gasteiger partial charge in [-0.3, -0.25) is 9.78 Å². The fraction of sp³-hybridized carbons (Fsp3) is 0.111. The van der Waals surface area contributed by atoms with E-state index in [9.17, 15) is 4.79 Å². The number of carbonyl (C=O) groups excluding carboxylic acids is 1. The molecule has 0 unspecified atom stereocenters. The van der Waals surface area contributed by atoms with E-state index in [1.807, 2.05) is 50.2 Å². The van der Waals surface area contributed by atoms with Crippen LogP contribution in [0.4, 0.5) is 5.69 Å². The summed E-state index contributed by atoms with van der Waals surface area (Å²) in [6.45, 7) is 3.77. The molecule has 2 aromatic carbocycles. The molecule has 1 N–H and O–H groups in total. The maximum Gasteiger partial charge on any atom is 0.256 e. The summed E-state index contributed by atoms with van der Waals surface area (Å²) in [6, 6.07) is 14.9. The van der Waals surface area contributed by atoms with Gasteiger partial charge in [0.15, 0.2) is 0 Å². The summed E-state index contributed by atoms with van der Waals surface area (Å²) in [5.41, 5.74) is 3.81. The fourth-order valence-corrected chi connectivity index (χ4v) is 2.60. The molecular formula is C18H15ClN2O. The Bertz CT molecular complexity index is 874. The van der Waals surface area contributed by atoms with Crippen molar-refractivity contribution in [1.29, 1.82) is 0 Å². The molecular weight excluding hydrogens is 296 g/mol. The van der Waals surface area contributed by atoms with Gasteiger partial charge in [0.25, 0.3) is 5.91 Å². The zero-order valence-electron chi connectivity index (χ0n) is 12.4. The SMILES string of the molecule is Cc1cc(C(=O)Nc2cccc(Cl)c2C)c2ccccc2n1. The largest absolute Gasteiger partial charge is 0.322 e. The van der Waals surface area contributed by atoms with Gasteiger partial charge in [-0.2, -0.15) is 0 Å². The van der Waals surface area contributed by atoms with E-state index in [4.69, 9.17) is 11.6 Å². The van der Waals surface area contributed by atoms with E-state index in [1.165, 1.54) is 0 Å². The van der Waals surface area contributed by atoms with Crippen molar-refractivity contribution in [1.82, 2.24) is 4.98 Å². The molecule has 1 heterocycles. The lowest BCUT2D eigenvalue weighted by Gasteiger charge is -2.11. The molecule has 4 heteroatoms. The van der Waals surface area contributed by atoms with Crippen LogP contribution in [0.2, 0.25) is 5.02 Å². The Kier molecular flexibility index (Phi) is 3.82. The summed E-state index contributed by atoms with van der Waals surface area (Å²) in [5, 5.41) is 4.41. The molecule has 0 aliphatic rings. The van der Waals surface area contributed by atoms with Gasteiger partial charge in [-0.05, 0) is 43.7 Å². The molecule has 1 amide bonds. The number of amides is 1. The summed E-state index contributed by atoms with van der Waals surface area (Å²) in [6.07, 6.45) is 0. The highest BCUT2D eigenvalue weighted by Gasteiger charge is 2.13. The minimum Gasteiger partial charge on any atom is -0.322 e. The van der Waals surface area contributed by atoms with Crippen molar-refractivity contribution in [3.8, 4) is 0 Å². The van der Waals surface area contributed by atoms with E-state index in [0.717, 1.165) is 27.8 Å². The molecule has 0 atom stereocenters. The number of benzene rings is 2. The number of hydrogen-bond acceptors (Lipinski definition) is 2. The van der Waals surface area contributed by atoms with Crippen LogP contribution in [-0.2, 0) is 0 Å². The second kappa shape index (κ2) is 5.78. The highest BCUT2D eigenvalue weighted by molar-refractivity contribution is 6.31. The number of carbonyl (C=O) groups is 1. The monoisotopic (exact) mass is 310 g/mol. The Labute approximate surface area is 133 Å². The predicted molar refractivity (Wildman–Crippen MR) is 90.6 cm³/mol. The predicted octanol–water partition coefficient (Wildman–Crippen LogP) is 4.76. The van der Waals surface area contributed by atoms with E-state index in [1.54, 1.807) is 12.1 Å². The lowest BCUT2D eigenvalue weighted by molar-refractivity contribution is 0.102. The van der Waals surface area contributed by atoms with Crippen LogP contribution in [0.15, 0.2) is 48.5 Å². The molecule has 0 radical (unpaired) electrons. The van der Waals surface area contributed by atoms with E-state index in [2.05, 4.69) is 10.3 Å². The Morgan fingerprint density at radius 3 is 2.68 bits per heavy atom. The van der Waals surface area contributed by atoms with Crippen LogP contribution in [-0.4, -0.2) is 10.9 Å². The molecule has 0 aliphatic heterocycles. The highest BCUT2D eigenvalue weighted by Crippen LogP contribution is 2.25. The number of rotatable bonds is 2. The van der Waals surface area contributed by atoms with Crippen molar-refractivity contribution in [3.05, 3.63) is 70.4 Å². The summed E-state index contributed by atoms with van der Waals surface area (Å²) in [7, 11) is 0. The molecule has 3 rings (SSSR count). The average molecular weight is 311 g/mol. The van der Waals surface area contributed by atoms with Gasteiger partial charge in [-0.25, -0.2) is 0 Å². The Hall–Kier alpha value is -2.39. The second-order valence-electron chi connectivity index (χ2n) is 5.19. The number of anilines is 1. The first kappa shape index (κ1) is 14.5. The molecule has 22 heavy (non-hydrogen) atoms. The first-order chi connectivity index (χ1) is 10.6. The third kappa shape index (κ3) is 2.68. The third-order valence-corrected chi connectivity index (χ3v) is 4.01. The average Bonchev–Trinajstić information content (AvgIpc) is 2.51. The van der Waals surface area contributed by atoms with Crippen molar-refractivity contribution in [2.45, 2.75) is 13.8 Å². The molecule has 0 spiro atoms. The summed E-state index contributed by atoms with van der Waals surface area (Å²) < 4.78 is 0. The number of nitrogens with one attached hydrogen (secondary N) is 1. The van der Waals surface area contributed by atoms with Crippen molar-refractivity contribution >= 4 is 34.1 Å². The van der Waals surface area contributed by atoms with Crippen LogP contribution in [0.25, 0.3) is 10.9 Å². The van der Waals surface area contributed by atoms with Crippen LogP contribution in [0.5, 0.6) is 0 Å². The molecule has 0 saturated carbocycles. The van der Waals surface area contributed by atoms with Crippen LogP contribution in [0.1, 0.15) is 21.6 Å².